The van der Waals surface area contributed by atoms with Gasteiger partial charge in [0.1, 0.15) is 6.10 Å². The molecule has 1 aromatic heterocycles. The fraction of sp³-hybridized carbons (Fsp3) is 0.467. The van der Waals surface area contributed by atoms with E-state index in [4.69, 9.17) is 15.0 Å². The second-order valence-corrected chi connectivity index (χ2v) is 5.15. The van der Waals surface area contributed by atoms with Crippen molar-refractivity contribution in [1.29, 1.82) is 0 Å². The topological polar surface area (TPSA) is 74.2 Å². The molecule has 0 bridgehead atoms. The van der Waals surface area contributed by atoms with Gasteiger partial charge in [-0.2, -0.15) is 4.98 Å². The van der Waals surface area contributed by atoms with Crippen LogP contribution in [0.15, 0.2) is 22.7 Å². The van der Waals surface area contributed by atoms with E-state index in [2.05, 4.69) is 24.0 Å². The van der Waals surface area contributed by atoms with Crippen LogP contribution in [0.25, 0.3) is 11.5 Å². The largest absolute Gasteiger partial charge is 0.399 e. The number of benzene rings is 1. The van der Waals surface area contributed by atoms with E-state index in [1.165, 1.54) is 0 Å². The lowest BCUT2D eigenvalue weighted by atomic mass is 10.1. The number of hydrogen-bond acceptors (Lipinski definition) is 5. The zero-order valence-electron chi connectivity index (χ0n) is 12.4. The van der Waals surface area contributed by atoms with Gasteiger partial charge < -0.3 is 15.0 Å². The Morgan fingerprint density at radius 3 is 2.70 bits per heavy atom. The molecule has 5 nitrogen and oxygen atoms in total. The molecule has 0 radical (unpaired) electrons. The molecule has 0 spiro atoms. The fourth-order valence-electron chi connectivity index (χ4n) is 2.13. The number of anilines is 1. The zero-order valence-corrected chi connectivity index (χ0v) is 12.4. The molecule has 108 valence electrons. The van der Waals surface area contributed by atoms with Crippen LogP contribution in [-0.2, 0) is 4.74 Å². The number of aromatic nitrogens is 2. The lowest BCUT2D eigenvalue weighted by Gasteiger charge is -2.16. The standard InChI is InChI=1S/C15H21N3O2/c1-5-19-13(9(2)3)14-17-15(20-18-14)12-7-6-11(16)8-10(12)4/h6-9,13H,5,16H2,1-4H3. The Kier molecular flexibility index (Phi) is 4.39. The number of hydrogen-bond donors (Lipinski definition) is 1. The summed E-state index contributed by atoms with van der Waals surface area (Å²) in [5.74, 6) is 1.38. The number of rotatable bonds is 5. The summed E-state index contributed by atoms with van der Waals surface area (Å²) in [6.45, 7) is 8.70. The molecule has 0 aliphatic heterocycles. The highest BCUT2D eigenvalue weighted by Gasteiger charge is 2.23. The summed E-state index contributed by atoms with van der Waals surface area (Å²) in [4.78, 5) is 4.47. The minimum Gasteiger partial charge on any atom is -0.399 e. The van der Waals surface area contributed by atoms with E-state index in [0.717, 1.165) is 16.8 Å². The number of nitrogens with two attached hydrogens (primary N) is 1. The number of nitrogen functional groups attached to an aromatic ring is 1. The van der Waals surface area contributed by atoms with Crippen molar-refractivity contribution in [2.24, 2.45) is 5.92 Å². The monoisotopic (exact) mass is 275 g/mol. The van der Waals surface area contributed by atoms with Gasteiger partial charge >= 0.3 is 0 Å². The Labute approximate surface area is 119 Å². The first kappa shape index (κ1) is 14.5. The van der Waals surface area contributed by atoms with Crippen molar-refractivity contribution in [2.45, 2.75) is 33.8 Å². The van der Waals surface area contributed by atoms with Crippen molar-refractivity contribution < 1.29 is 9.26 Å². The van der Waals surface area contributed by atoms with Crippen molar-refractivity contribution in [3.63, 3.8) is 0 Å². The average Bonchev–Trinajstić information content (AvgIpc) is 2.84. The van der Waals surface area contributed by atoms with Crippen LogP contribution in [0.4, 0.5) is 5.69 Å². The Hall–Kier alpha value is -1.88. The number of aryl methyl sites for hydroxylation is 1. The van der Waals surface area contributed by atoms with Crippen LogP contribution >= 0.6 is 0 Å². The van der Waals surface area contributed by atoms with Crippen LogP contribution in [0.1, 0.15) is 38.3 Å². The third-order valence-electron chi connectivity index (χ3n) is 3.13. The van der Waals surface area contributed by atoms with Gasteiger partial charge in [-0.1, -0.05) is 19.0 Å². The molecule has 5 heteroatoms. The first-order valence-electron chi connectivity index (χ1n) is 6.84. The second-order valence-electron chi connectivity index (χ2n) is 5.15. The van der Waals surface area contributed by atoms with Crippen molar-refractivity contribution >= 4 is 5.69 Å². The zero-order chi connectivity index (χ0) is 14.7. The van der Waals surface area contributed by atoms with E-state index in [0.29, 0.717) is 18.3 Å². The Bertz CT molecular complexity index is 578. The van der Waals surface area contributed by atoms with Gasteiger partial charge in [-0.15, -0.1) is 0 Å². The lowest BCUT2D eigenvalue weighted by molar-refractivity contribution is 0.0217. The van der Waals surface area contributed by atoms with Gasteiger partial charge in [0.05, 0.1) is 0 Å². The van der Waals surface area contributed by atoms with Gasteiger partial charge in [-0.3, -0.25) is 0 Å². The van der Waals surface area contributed by atoms with Crippen LogP contribution in [-0.4, -0.2) is 16.7 Å². The molecule has 0 saturated heterocycles. The third kappa shape index (κ3) is 2.99. The predicted molar refractivity (Wildman–Crippen MR) is 78.1 cm³/mol. The summed E-state index contributed by atoms with van der Waals surface area (Å²) in [6.07, 6.45) is -0.147. The Morgan fingerprint density at radius 1 is 1.35 bits per heavy atom. The third-order valence-corrected chi connectivity index (χ3v) is 3.13. The van der Waals surface area contributed by atoms with Crippen molar-refractivity contribution in [3.05, 3.63) is 29.6 Å². The number of ether oxygens (including phenoxy) is 1. The number of nitrogens with zero attached hydrogens (tertiary/aromatic N) is 2. The van der Waals surface area contributed by atoms with E-state index in [1.54, 1.807) is 0 Å². The van der Waals surface area contributed by atoms with Crippen molar-refractivity contribution in [2.75, 3.05) is 12.3 Å². The molecule has 20 heavy (non-hydrogen) atoms. The first-order valence-corrected chi connectivity index (χ1v) is 6.84. The fourth-order valence-corrected chi connectivity index (χ4v) is 2.13. The molecule has 2 N–H and O–H groups in total. The van der Waals surface area contributed by atoms with E-state index >= 15 is 0 Å². The smallest absolute Gasteiger partial charge is 0.258 e. The summed E-state index contributed by atoms with van der Waals surface area (Å²) in [7, 11) is 0. The van der Waals surface area contributed by atoms with Crippen LogP contribution in [0, 0.1) is 12.8 Å². The molecule has 1 heterocycles. The maximum absolute atomic E-state index is 5.75. The van der Waals surface area contributed by atoms with Gasteiger partial charge in [-0.25, -0.2) is 0 Å². The first-order chi connectivity index (χ1) is 9.52. The maximum atomic E-state index is 5.75. The minimum atomic E-state index is -0.147. The summed E-state index contributed by atoms with van der Waals surface area (Å²) < 4.78 is 11.0. The molecule has 0 aliphatic rings. The normalized spacial score (nSPS) is 12.8. The highest BCUT2D eigenvalue weighted by molar-refractivity contribution is 5.62. The minimum absolute atomic E-state index is 0.147. The molecule has 0 fully saturated rings. The van der Waals surface area contributed by atoms with Crippen LogP contribution in [0.2, 0.25) is 0 Å². The highest BCUT2D eigenvalue weighted by atomic mass is 16.5. The average molecular weight is 275 g/mol. The Morgan fingerprint density at radius 2 is 2.10 bits per heavy atom. The molecule has 1 atom stereocenters. The van der Waals surface area contributed by atoms with Gasteiger partial charge in [0.2, 0.25) is 5.82 Å². The van der Waals surface area contributed by atoms with Gasteiger partial charge in [0.25, 0.3) is 5.89 Å². The van der Waals surface area contributed by atoms with E-state index < -0.39 is 0 Å². The van der Waals surface area contributed by atoms with E-state index in [-0.39, 0.29) is 12.0 Å². The van der Waals surface area contributed by atoms with Gasteiger partial charge in [0.15, 0.2) is 0 Å². The maximum Gasteiger partial charge on any atom is 0.258 e. The van der Waals surface area contributed by atoms with Crippen LogP contribution in [0.5, 0.6) is 0 Å². The Balaban J connectivity index is 2.32. The van der Waals surface area contributed by atoms with Gasteiger partial charge in [0, 0.05) is 17.9 Å². The molecule has 0 saturated carbocycles. The molecule has 0 aliphatic carbocycles. The van der Waals surface area contributed by atoms with Gasteiger partial charge in [-0.05, 0) is 43.5 Å². The van der Waals surface area contributed by atoms with E-state index in [9.17, 15) is 0 Å². The van der Waals surface area contributed by atoms with Crippen molar-refractivity contribution in [1.82, 2.24) is 10.1 Å². The highest BCUT2D eigenvalue weighted by Crippen LogP contribution is 2.28. The molecular formula is C15H21N3O2. The SMILES string of the molecule is CCOC(c1noc(-c2ccc(N)cc2C)n1)C(C)C. The summed E-state index contributed by atoms with van der Waals surface area (Å²) in [5, 5.41) is 4.05. The molecule has 2 rings (SSSR count). The van der Waals surface area contributed by atoms with Crippen molar-refractivity contribution in [3.8, 4) is 11.5 Å². The molecule has 0 amide bonds. The lowest BCUT2D eigenvalue weighted by Crippen LogP contribution is -2.12. The molecule has 1 aromatic carbocycles. The predicted octanol–water partition coefficient (Wildman–Crippen LogP) is 3.36. The molecule has 1 unspecified atom stereocenters. The quantitative estimate of drug-likeness (QED) is 0.847. The molecular weight excluding hydrogens is 254 g/mol. The second kappa shape index (κ2) is 6.05. The van der Waals surface area contributed by atoms with Crippen LogP contribution in [0.3, 0.4) is 0 Å². The van der Waals surface area contributed by atoms with E-state index in [1.807, 2.05) is 32.0 Å². The van der Waals surface area contributed by atoms with Crippen LogP contribution < -0.4 is 5.73 Å². The summed E-state index contributed by atoms with van der Waals surface area (Å²) >= 11 is 0. The summed E-state index contributed by atoms with van der Waals surface area (Å²) in [6, 6.07) is 5.61. The molecule has 2 aromatic rings. The summed E-state index contributed by atoms with van der Waals surface area (Å²) in [5.41, 5.74) is 8.39.